The number of carbonyl (C=O) groups excluding carboxylic acids is 1. The normalized spacial score (nSPS) is 45.3. The van der Waals surface area contributed by atoms with Crippen LogP contribution >= 0.6 is 0 Å². The molecule has 2 heterocycles. The van der Waals surface area contributed by atoms with Gasteiger partial charge in [-0.25, -0.2) is 0 Å². The highest BCUT2D eigenvalue weighted by molar-refractivity contribution is 5.75. The summed E-state index contributed by atoms with van der Waals surface area (Å²) in [6.07, 6.45) is 5.57. The molecule has 6 nitrogen and oxygen atoms in total. The third-order valence-corrected chi connectivity index (χ3v) is 7.19. The molecule has 1 aromatic heterocycles. The lowest BCUT2D eigenvalue weighted by Crippen LogP contribution is -2.58. The molecule has 2 aliphatic carbocycles. The number of hydrogen-bond donors (Lipinski definition) is 2. The molecule has 2 saturated carbocycles. The van der Waals surface area contributed by atoms with Gasteiger partial charge in [-0.1, -0.05) is 6.92 Å². The molecule has 1 aliphatic heterocycles. The van der Waals surface area contributed by atoms with Crippen LogP contribution in [0, 0.1) is 29.1 Å². The Morgan fingerprint density at radius 2 is 2.00 bits per heavy atom. The van der Waals surface area contributed by atoms with Gasteiger partial charge in [0.05, 0.1) is 30.0 Å². The zero-order valence-corrected chi connectivity index (χ0v) is 15.2. The van der Waals surface area contributed by atoms with Crippen LogP contribution in [0.2, 0.25) is 0 Å². The Bertz CT molecular complexity index is 708. The van der Waals surface area contributed by atoms with E-state index >= 15 is 0 Å². The van der Waals surface area contributed by atoms with E-state index < -0.39 is 22.9 Å². The van der Waals surface area contributed by atoms with Gasteiger partial charge >= 0.3 is 11.9 Å². The van der Waals surface area contributed by atoms with Crippen LogP contribution in [-0.2, 0) is 14.3 Å². The number of aliphatic carboxylic acids is 1. The number of carboxylic acids is 1. The van der Waals surface area contributed by atoms with E-state index in [9.17, 15) is 19.8 Å². The maximum Gasteiger partial charge on any atom is 0.310 e. The number of hydrogen-bond acceptors (Lipinski definition) is 5. The monoisotopic (exact) mass is 362 g/mol. The predicted molar refractivity (Wildman–Crippen MR) is 91.0 cm³/mol. The molecular weight excluding hydrogens is 336 g/mol. The molecule has 1 saturated heterocycles. The van der Waals surface area contributed by atoms with Gasteiger partial charge in [0.1, 0.15) is 6.10 Å². The first-order valence-electron chi connectivity index (χ1n) is 9.39. The van der Waals surface area contributed by atoms with Gasteiger partial charge in [-0.3, -0.25) is 9.59 Å². The van der Waals surface area contributed by atoms with Crippen LogP contribution < -0.4 is 0 Å². The third-order valence-electron chi connectivity index (χ3n) is 7.19. The number of aliphatic hydroxyl groups is 1. The number of ether oxygens (including phenoxy) is 1. The van der Waals surface area contributed by atoms with Crippen molar-refractivity contribution in [1.29, 1.82) is 0 Å². The SMILES string of the molecule is CC1(O)CC(C(=O)O)C2CCC3C(=O)OC(c4ccoc4)CC3(C)C2C1. The zero-order chi connectivity index (χ0) is 18.7. The summed E-state index contributed by atoms with van der Waals surface area (Å²) in [4.78, 5) is 24.6. The molecule has 142 valence electrons. The van der Waals surface area contributed by atoms with Crippen LogP contribution in [0.4, 0.5) is 0 Å². The number of cyclic esters (lactones) is 1. The number of carboxylic acid groups (broad SMARTS) is 1. The van der Waals surface area contributed by atoms with E-state index in [-0.39, 0.29) is 36.2 Å². The summed E-state index contributed by atoms with van der Waals surface area (Å²) in [5.74, 6) is -1.88. The van der Waals surface area contributed by atoms with E-state index in [1.807, 2.05) is 0 Å². The summed E-state index contributed by atoms with van der Waals surface area (Å²) in [5.41, 5.74) is -0.586. The number of esters is 1. The van der Waals surface area contributed by atoms with E-state index in [1.54, 1.807) is 25.5 Å². The van der Waals surface area contributed by atoms with E-state index in [0.29, 0.717) is 25.7 Å². The molecule has 6 heteroatoms. The largest absolute Gasteiger partial charge is 0.481 e. The summed E-state index contributed by atoms with van der Waals surface area (Å²) in [6, 6.07) is 1.80. The lowest BCUT2D eigenvalue weighted by atomic mass is 9.47. The number of furan rings is 1. The van der Waals surface area contributed by atoms with E-state index in [4.69, 9.17) is 9.15 Å². The van der Waals surface area contributed by atoms with E-state index in [2.05, 4.69) is 6.92 Å². The fourth-order valence-corrected chi connectivity index (χ4v) is 5.94. The molecular formula is C20H26O6. The molecule has 3 fully saturated rings. The molecule has 0 bridgehead atoms. The van der Waals surface area contributed by atoms with E-state index in [0.717, 1.165) is 5.56 Å². The second-order valence-electron chi connectivity index (χ2n) is 8.94. The van der Waals surface area contributed by atoms with Crippen molar-refractivity contribution in [3.8, 4) is 0 Å². The summed E-state index contributed by atoms with van der Waals surface area (Å²) in [5, 5.41) is 20.5. The number of fused-ring (bicyclic) bond motifs is 3. The van der Waals surface area contributed by atoms with Gasteiger partial charge in [0.15, 0.2) is 0 Å². The number of carbonyl (C=O) groups is 2. The average molecular weight is 362 g/mol. The molecule has 0 aromatic carbocycles. The fraction of sp³-hybridized carbons (Fsp3) is 0.700. The van der Waals surface area contributed by atoms with Gasteiger partial charge in [-0.2, -0.15) is 0 Å². The Balaban J connectivity index is 1.71. The molecule has 0 amide bonds. The first-order valence-corrected chi connectivity index (χ1v) is 9.39. The van der Waals surface area contributed by atoms with Gasteiger partial charge in [0, 0.05) is 5.56 Å². The fourth-order valence-electron chi connectivity index (χ4n) is 5.94. The Morgan fingerprint density at radius 1 is 1.23 bits per heavy atom. The van der Waals surface area contributed by atoms with Crippen molar-refractivity contribution in [3.63, 3.8) is 0 Å². The van der Waals surface area contributed by atoms with Crippen LogP contribution in [0.5, 0.6) is 0 Å². The summed E-state index contributed by atoms with van der Waals surface area (Å²) in [6.45, 7) is 3.81. The van der Waals surface area contributed by atoms with Crippen molar-refractivity contribution in [2.75, 3.05) is 0 Å². The second-order valence-corrected chi connectivity index (χ2v) is 8.94. The zero-order valence-electron chi connectivity index (χ0n) is 15.2. The highest BCUT2D eigenvalue weighted by Gasteiger charge is 2.60. The van der Waals surface area contributed by atoms with Crippen molar-refractivity contribution in [3.05, 3.63) is 24.2 Å². The Kier molecular flexibility index (Phi) is 3.95. The van der Waals surface area contributed by atoms with Crippen LogP contribution in [0.1, 0.15) is 57.6 Å². The second kappa shape index (κ2) is 5.84. The first kappa shape index (κ1) is 17.6. The molecule has 3 aliphatic rings. The van der Waals surface area contributed by atoms with Gasteiger partial charge in [0.25, 0.3) is 0 Å². The minimum atomic E-state index is -1.03. The first-order chi connectivity index (χ1) is 12.2. The van der Waals surface area contributed by atoms with Crippen LogP contribution in [-0.4, -0.2) is 27.8 Å². The van der Waals surface area contributed by atoms with Crippen molar-refractivity contribution in [1.82, 2.24) is 0 Å². The molecule has 7 unspecified atom stereocenters. The Labute approximate surface area is 152 Å². The quantitative estimate of drug-likeness (QED) is 0.785. The van der Waals surface area contributed by atoms with Gasteiger partial charge in [-0.05, 0) is 62.3 Å². The molecule has 26 heavy (non-hydrogen) atoms. The van der Waals surface area contributed by atoms with Gasteiger partial charge < -0.3 is 19.4 Å². The smallest absolute Gasteiger partial charge is 0.310 e. The summed E-state index contributed by atoms with van der Waals surface area (Å²) < 4.78 is 10.8. The molecule has 4 rings (SSSR count). The molecule has 0 radical (unpaired) electrons. The molecule has 7 atom stereocenters. The van der Waals surface area contributed by atoms with Crippen molar-refractivity contribution >= 4 is 11.9 Å². The van der Waals surface area contributed by atoms with E-state index in [1.165, 1.54) is 0 Å². The molecule has 1 aromatic rings. The minimum absolute atomic E-state index is 0.00938. The van der Waals surface area contributed by atoms with Gasteiger partial charge in [0.2, 0.25) is 0 Å². The van der Waals surface area contributed by atoms with Crippen LogP contribution in [0.3, 0.4) is 0 Å². The van der Waals surface area contributed by atoms with Gasteiger partial charge in [-0.15, -0.1) is 0 Å². The Morgan fingerprint density at radius 3 is 2.65 bits per heavy atom. The van der Waals surface area contributed by atoms with Crippen LogP contribution in [0.15, 0.2) is 23.0 Å². The average Bonchev–Trinajstić information content (AvgIpc) is 3.08. The number of rotatable bonds is 2. The standard InChI is InChI=1S/C20H26O6/c1-19(24)7-13(17(21)22)12-3-4-14-18(23)26-16(11-5-6-25-10-11)9-20(14,2)15(12)8-19/h5-6,10,12-16,24H,3-4,7-9H2,1-2H3,(H,21,22). The third kappa shape index (κ3) is 2.66. The summed E-state index contributed by atoms with van der Waals surface area (Å²) in [7, 11) is 0. The maximum atomic E-state index is 12.8. The van der Waals surface area contributed by atoms with Crippen LogP contribution in [0.25, 0.3) is 0 Å². The predicted octanol–water partition coefficient (Wildman–Crippen LogP) is 3.16. The highest BCUT2D eigenvalue weighted by atomic mass is 16.5. The van der Waals surface area contributed by atoms with Crippen molar-refractivity contribution in [2.24, 2.45) is 29.1 Å². The maximum absolute atomic E-state index is 12.8. The topological polar surface area (TPSA) is 97.0 Å². The molecule has 2 N–H and O–H groups in total. The summed E-state index contributed by atoms with van der Waals surface area (Å²) >= 11 is 0. The van der Waals surface area contributed by atoms with Crippen molar-refractivity contribution < 1.29 is 29.0 Å². The van der Waals surface area contributed by atoms with Crippen molar-refractivity contribution in [2.45, 2.75) is 57.7 Å². The lowest BCUT2D eigenvalue weighted by Gasteiger charge is -2.58. The minimum Gasteiger partial charge on any atom is -0.481 e. The lowest BCUT2D eigenvalue weighted by molar-refractivity contribution is -0.201. The molecule has 0 spiro atoms. The Hall–Kier alpha value is -1.82. The highest BCUT2D eigenvalue weighted by Crippen LogP contribution is 2.62.